The van der Waals surface area contributed by atoms with E-state index in [1.54, 1.807) is 0 Å². The molecule has 1 aromatic carbocycles. The minimum atomic E-state index is -3.57. The van der Waals surface area contributed by atoms with Gasteiger partial charge in [-0.05, 0) is 18.2 Å². The van der Waals surface area contributed by atoms with Crippen LogP contribution < -0.4 is 10.5 Å². The molecule has 0 saturated carbocycles. The zero-order valence-corrected chi connectivity index (χ0v) is 15.4. The highest BCUT2D eigenvalue weighted by molar-refractivity contribution is 7.89. The molecule has 0 saturated heterocycles. The van der Waals surface area contributed by atoms with E-state index in [0.717, 1.165) is 14.8 Å². The first-order valence-electron chi connectivity index (χ1n) is 7.39. The van der Waals surface area contributed by atoms with Crippen molar-refractivity contribution in [3.8, 4) is 0 Å². The second-order valence-electron chi connectivity index (χ2n) is 5.88. The molecule has 2 aromatic rings. The topological polar surface area (TPSA) is 63.8 Å². The van der Waals surface area contributed by atoms with E-state index in [2.05, 4.69) is 0 Å². The standard InChI is InChI=1S/C16H20ClN3O3S/c1-18(2)24(22,23)15-8-9-16(21)20(11-15)12-19(3)10-13-4-6-14(17)7-5-13/h4-9,11H,10,12H2,1-3H3/p+1. The van der Waals surface area contributed by atoms with Gasteiger partial charge in [-0.25, -0.2) is 12.7 Å². The van der Waals surface area contributed by atoms with Crippen molar-refractivity contribution in [3.63, 3.8) is 0 Å². The number of halogens is 1. The van der Waals surface area contributed by atoms with Gasteiger partial charge >= 0.3 is 0 Å². The van der Waals surface area contributed by atoms with Gasteiger partial charge in [0.1, 0.15) is 6.54 Å². The lowest BCUT2D eigenvalue weighted by molar-refractivity contribution is -0.917. The fourth-order valence-corrected chi connectivity index (χ4v) is 3.34. The monoisotopic (exact) mass is 370 g/mol. The van der Waals surface area contributed by atoms with Crippen LogP contribution in [-0.4, -0.2) is 38.4 Å². The molecule has 2 rings (SSSR count). The minimum Gasteiger partial charge on any atom is -0.316 e. The van der Waals surface area contributed by atoms with Crippen LogP contribution in [0.3, 0.4) is 0 Å². The highest BCUT2D eigenvalue weighted by atomic mass is 35.5. The molecule has 0 fully saturated rings. The maximum atomic E-state index is 12.2. The summed E-state index contributed by atoms with van der Waals surface area (Å²) in [6.45, 7) is 1.05. The average molecular weight is 371 g/mol. The smallest absolute Gasteiger partial charge is 0.254 e. The van der Waals surface area contributed by atoms with Gasteiger partial charge in [-0.2, -0.15) is 0 Å². The van der Waals surface area contributed by atoms with Crippen molar-refractivity contribution < 1.29 is 13.3 Å². The molecule has 0 amide bonds. The predicted molar refractivity (Wildman–Crippen MR) is 93.6 cm³/mol. The predicted octanol–water partition coefficient (Wildman–Crippen LogP) is 0.424. The Bertz CT molecular complexity index is 861. The van der Waals surface area contributed by atoms with Crippen molar-refractivity contribution >= 4 is 21.6 Å². The third kappa shape index (κ3) is 4.45. The van der Waals surface area contributed by atoms with Crippen molar-refractivity contribution in [2.24, 2.45) is 0 Å². The van der Waals surface area contributed by atoms with Crippen LogP contribution in [-0.2, 0) is 23.2 Å². The lowest BCUT2D eigenvalue weighted by Gasteiger charge is -2.17. The Morgan fingerprint density at radius 1 is 1.12 bits per heavy atom. The fourth-order valence-electron chi connectivity index (χ4n) is 2.29. The van der Waals surface area contributed by atoms with Crippen LogP contribution in [0.4, 0.5) is 0 Å². The van der Waals surface area contributed by atoms with E-state index >= 15 is 0 Å². The number of quaternary nitrogens is 1. The number of nitrogens with zero attached hydrogens (tertiary/aromatic N) is 2. The molecule has 0 aliphatic rings. The molecule has 24 heavy (non-hydrogen) atoms. The lowest BCUT2D eigenvalue weighted by Crippen LogP contribution is -3.07. The molecule has 0 spiro atoms. The first-order chi connectivity index (χ1) is 11.2. The summed E-state index contributed by atoms with van der Waals surface area (Å²) >= 11 is 5.87. The molecule has 1 aromatic heterocycles. The first-order valence-corrected chi connectivity index (χ1v) is 9.21. The lowest BCUT2D eigenvalue weighted by atomic mass is 10.2. The van der Waals surface area contributed by atoms with Crippen LogP contribution in [0.25, 0.3) is 0 Å². The normalized spacial score (nSPS) is 13.2. The Morgan fingerprint density at radius 3 is 2.33 bits per heavy atom. The van der Waals surface area contributed by atoms with Crippen molar-refractivity contribution in [2.45, 2.75) is 18.1 Å². The second-order valence-corrected chi connectivity index (χ2v) is 8.47. The van der Waals surface area contributed by atoms with Gasteiger partial charge in [-0.3, -0.25) is 9.36 Å². The van der Waals surface area contributed by atoms with E-state index in [0.29, 0.717) is 18.2 Å². The number of aromatic nitrogens is 1. The summed E-state index contributed by atoms with van der Waals surface area (Å²) in [6.07, 6.45) is 1.39. The number of benzene rings is 1. The van der Waals surface area contributed by atoms with Gasteiger partial charge in [0, 0.05) is 36.9 Å². The Kier molecular flexibility index (Phi) is 5.82. The summed E-state index contributed by atoms with van der Waals surface area (Å²) in [7, 11) is 1.29. The van der Waals surface area contributed by atoms with E-state index in [-0.39, 0.29) is 10.5 Å². The van der Waals surface area contributed by atoms with Gasteiger partial charge in [0.2, 0.25) is 10.0 Å². The van der Waals surface area contributed by atoms with Crippen molar-refractivity contribution in [3.05, 3.63) is 63.5 Å². The van der Waals surface area contributed by atoms with Crippen LogP contribution >= 0.6 is 11.6 Å². The second kappa shape index (κ2) is 7.48. The molecule has 1 N–H and O–H groups in total. The third-order valence-electron chi connectivity index (χ3n) is 3.59. The van der Waals surface area contributed by atoms with Gasteiger partial charge < -0.3 is 4.90 Å². The Balaban J connectivity index is 2.20. The molecule has 0 bridgehead atoms. The number of hydrogen-bond donors (Lipinski definition) is 1. The molecule has 0 radical (unpaired) electrons. The van der Waals surface area contributed by atoms with Gasteiger partial charge in [-0.1, -0.05) is 23.7 Å². The molecule has 1 unspecified atom stereocenters. The van der Waals surface area contributed by atoms with E-state index in [9.17, 15) is 13.2 Å². The number of sulfonamides is 1. The summed E-state index contributed by atoms with van der Waals surface area (Å²) in [6, 6.07) is 10.1. The molecule has 1 heterocycles. The molecule has 8 heteroatoms. The molecule has 0 aliphatic heterocycles. The molecule has 6 nitrogen and oxygen atoms in total. The SMILES string of the molecule is CN(C)S(=O)(=O)c1ccc(=O)n(C[NH+](C)Cc2ccc(Cl)cc2)c1. The Labute approximate surface area is 146 Å². The van der Waals surface area contributed by atoms with Crippen molar-refractivity contribution in [2.75, 3.05) is 21.1 Å². The molecule has 1 atom stereocenters. The number of hydrogen-bond acceptors (Lipinski definition) is 3. The van der Waals surface area contributed by atoms with E-state index < -0.39 is 10.0 Å². The summed E-state index contributed by atoms with van der Waals surface area (Å²) in [5.74, 6) is 0. The number of pyridine rings is 1. The number of rotatable bonds is 6. The van der Waals surface area contributed by atoms with E-state index in [1.165, 1.54) is 37.0 Å². The van der Waals surface area contributed by atoms with Crippen LogP contribution in [0.15, 0.2) is 52.3 Å². The average Bonchev–Trinajstić information content (AvgIpc) is 2.51. The third-order valence-corrected chi connectivity index (χ3v) is 5.64. The Hall–Kier alpha value is -1.67. The van der Waals surface area contributed by atoms with Gasteiger partial charge in [0.05, 0.1) is 11.9 Å². The van der Waals surface area contributed by atoms with Crippen LogP contribution in [0, 0.1) is 0 Å². The zero-order chi connectivity index (χ0) is 17.9. The van der Waals surface area contributed by atoms with Crippen LogP contribution in [0.5, 0.6) is 0 Å². The molecule has 130 valence electrons. The molecular formula is C16H21ClN3O3S+. The summed E-state index contributed by atoms with van der Waals surface area (Å²) in [4.78, 5) is 13.2. The fraction of sp³-hybridized carbons (Fsp3) is 0.312. The highest BCUT2D eigenvalue weighted by Gasteiger charge is 2.18. The van der Waals surface area contributed by atoms with Crippen molar-refractivity contribution in [1.82, 2.24) is 8.87 Å². The van der Waals surface area contributed by atoms with Crippen molar-refractivity contribution in [1.29, 1.82) is 0 Å². The van der Waals surface area contributed by atoms with Crippen LogP contribution in [0.1, 0.15) is 5.56 Å². The van der Waals surface area contributed by atoms with Gasteiger partial charge in [0.25, 0.3) is 5.56 Å². The summed E-state index contributed by atoms with van der Waals surface area (Å²) in [5.41, 5.74) is 0.852. The maximum absolute atomic E-state index is 12.2. The Morgan fingerprint density at radius 2 is 1.75 bits per heavy atom. The number of nitrogens with one attached hydrogen (secondary N) is 1. The van der Waals surface area contributed by atoms with E-state index in [1.807, 2.05) is 31.3 Å². The largest absolute Gasteiger partial charge is 0.316 e. The quantitative estimate of drug-likeness (QED) is 0.801. The van der Waals surface area contributed by atoms with Gasteiger partial charge in [0.15, 0.2) is 6.67 Å². The molecular weight excluding hydrogens is 350 g/mol. The van der Waals surface area contributed by atoms with Crippen LogP contribution in [0.2, 0.25) is 5.02 Å². The minimum absolute atomic E-state index is 0.103. The van der Waals surface area contributed by atoms with Gasteiger partial charge in [-0.15, -0.1) is 0 Å². The van der Waals surface area contributed by atoms with E-state index in [4.69, 9.17) is 11.6 Å². The zero-order valence-electron chi connectivity index (χ0n) is 13.9. The summed E-state index contributed by atoms with van der Waals surface area (Å²) in [5, 5.41) is 0.675. The summed E-state index contributed by atoms with van der Waals surface area (Å²) < 4.78 is 26.9. The maximum Gasteiger partial charge on any atom is 0.254 e. The highest BCUT2D eigenvalue weighted by Crippen LogP contribution is 2.10. The first kappa shape index (κ1) is 18.7. The molecule has 0 aliphatic carbocycles.